The Kier molecular flexibility index (Phi) is 7.99. The molecule has 0 aromatic carbocycles. The van der Waals surface area contributed by atoms with Crippen molar-refractivity contribution in [2.24, 2.45) is 28.6 Å². The Bertz CT molecular complexity index is 673. The second-order valence-corrected chi connectivity index (χ2v) is 9.65. The van der Waals surface area contributed by atoms with Gasteiger partial charge in [0.2, 0.25) is 0 Å². The summed E-state index contributed by atoms with van der Waals surface area (Å²) in [5.74, 6) is -1.92. The number of methoxy groups -OCH3 is 1. The molecule has 1 aliphatic rings. The maximum absolute atomic E-state index is 13.7. The molecule has 1 rings (SSSR count). The van der Waals surface area contributed by atoms with Gasteiger partial charge < -0.3 is 4.74 Å². The van der Waals surface area contributed by atoms with Crippen LogP contribution < -0.4 is 0 Å². The van der Waals surface area contributed by atoms with Gasteiger partial charge in [0.1, 0.15) is 11.2 Å². The first kappa shape index (κ1) is 24.3. The quantitative estimate of drug-likeness (QED) is 0.335. The Morgan fingerprint density at radius 3 is 2.07 bits per heavy atom. The minimum atomic E-state index is -1.29. The predicted octanol–water partition coefficient (Wildman–Crippen LogP) is 5.31. The molecule has 1 aliphatic carbocycles. The van der Waals surface area contributed by atoms with Gasteiger partial charge >= 0.3 is 5.97 Å². The SMILES string of the molecule is COC(=O)[C@]1(CC=C(C)C)C[C@H](CC=C(C)C)C(C)(C)[C@H](C(=O)C(C)C)C1=O. The van der Waals surface area contributed by atoms with Gasteiger partial charge in [-0.25, -0.2) is 0 Å². The zero-order valence-corrected chi connectivity index (χ0v) is 19.1. The molecule has 1 fully saturated rings. The highest BCUT2D eigenvalue weighted by Crippen LogP contribution is 2.54. The van der Waals surface area contributed by atoms with Crippen molar-refractivity contribution in [1.29, 1.82) is 0 Å². The fourth-order valence-electron chi connectivity index (χ4n) is 4.25. The number of rotatable bonds is 7. The highest BCUT2D eigenvalue weighted by Gasteiger charge is 2.61. The summed E-state index contributed by atoms with van der Waals surface area (Å²) in [4.78, 5) is 39.8. The molecule has 0 radical (unpaired) electrons. The van der Waals surface area contributed by atoms with Crippen molar-refractivity contribution in [2.45, 2.75) is 74.7 Å². The van der Waals surface area contributed by atoms with Crippen LogP contribution in [0.15, 0.2) is 23.3 Å². The molecule has 0 bridgehead atoms. The summed E-state index contributed by atoms with van der Waals surface area (Å²) in [5, 5.41) is 0. The van der Waals surface area contributed by atoms with Crippen LogP contribution in [-0.4, -0.2) is 24.6 Å². The number of esters is 1. The molecule has 0 spiro atoms. The van der Waals surface area contributed by atoms with Crippen LogP contribution in [0.25, 0.3) is 0 Å². The molecule has 0 aromatic heterocycles. The van der Waals surface area contributed by atoms with Crippen LogP contribution in [0.3, 0.4) is 0 Å². The van der Waals surface area contributed by atoms with Crippen molar-refractivity contribution in [3.63, 3.8) is 0 Å². The molecule has 158 valence electrons. The fraction of sp³-hybridized carbons (Fsp3) is 0.708. The standard InChI is InChI=1S/C24H38O4/c1-15(2)10-11-18-14-24(22(27)28-9,13-12-16(3)4)21(26)19(23(18,7)8)20(25)17(5)6/h10,12,17-19H,11,13-14H2,1-9H3/t18-,19+,24+/m0/s1. The highest BCUT2D eigenvalue weighted by molar-refractivity contribution is 6.14. The summed E-state index contributed by atoms with van der Waals surface area (Å²) in [6, 6.07) is 0. The van der Waals surface area contributed by atoms with E-state index >= 15 is 0 Å². The summed E-state index contributed by atoms with van der Waals surface area (Å²) in [5.41, 5.74) is 0.407. The normalized spacial score (nSPS) is 26.6. The minimum Gasteiger partial charge on any atom is -0.468 e. The molecule has 0 aromatic rings. The van der Waals surface area contributed by atoms with Crippen molar-refractivity contribution in [3.05, 3.63) is 23.3 Å². The average Bonchev–Trinajstić information content (AvgIpc) is 2.58. The molecule has 0 saturated heterocycles. The molecular formula is C24H38O4. The number of hydrogen-bond acceptors (Lipinski definition) is 4. The molecule has 3 atom stereocenters. The van der Waals surface area contributed by atoms with Crippen LogP contribution in [0.4, 0.5) is 0 Å². The monoisotopic (exact) mass is 390 g/mol. The molecule has 4 nitrogen and oxygen atoms in total. The average molecular weight is 391 g/mol. The first-order valence-corrected chi connectivity index (χ1v) is 10.2. The van der Waals surface area contributed by atoms with Gasteiger partial charge in [0, 0.05) is 5.92 Å². The summed E-state index contributed by atoms with van der Waals surface area (Å²) in [6.07, 6.45) is 5.48. The van der Waals surface area contributed by atoms with E-state index in [1.165, 1.54) is 12.7 Å². The molecule has 28 heavy (non-hydrogen) atoms. The lowest BCUT2D eigenvalue weighted by atomic mass is 9.50. The van der Waals surface area contributed by atoms with Crippen LogP contribution in [0.5, 0.6) is 0 Å². The number of Topliss-reactive ketones (excluding diaryl/α,β-unsaturated/α-hetero) is 2. The largest absolute Gasteiger partial charge is 0.468 e. The van der Waals surface area contributed by atoms with Crippen molar-refractivity contribution in [2.75, 3.05) is 7.11 Å². The number of hydrogen-bond donors (Lipinski definition) is 0. The zero-order valence-electron chi connectivity index (χ0n) is 19.1. The smallest absolute Gasteiger partial charge is 0.319 e. The lowest BCUT2D eigenvalue weighted by Crippen LogP contribution is -2.58. The van der Waals surface area contributed by atoms with E-state index in [9.17, 15) is 14.4 Å². The second kappa shape index (κ2) is 9.19. The number of ketones is 2. The van der Waals surface area contributed by atoms with Gasteiger partial charge in [0.15, 0.2) is 5.78 Å². The molecule has 0 amide bonds. The van der Waals surface area contributed by atoms with Crippen LogP contribution in [0, 0.1) is 28.6 Å². The van der Waals surface area contributed by atoms with E-state index < -0.39 is 22.7 Å². The topological polar surface area (TPSA) is 60.4 Å². The van der Waals surface area contributed by atoms with Crippen molar-refractivity contribution in [3.8, 4) is 0 Å². The Hall–Kier alpha value is -1.71. The van der Waals surface area contributed by atoms with E-state index in [4.69, 9.17) is 4.74 Å². The van der Waals surface area contributed by atoms with E-state index in [0.717, 1.165) is 12.0 Å². The van der Waals surface area contributed by atoms with Gasteiger partial charge in [-0.3, -0.25) is 14.4 Å². The molecule has 0 N–H and O–H groups in total. The van der Waals surface area contributed by atoms with Gasteiger partial charge in [0.25, 0.3) is 0 Å². The van der Waals surface area contributed by atoms with E-state index in [2.05, 4.69) is 6.08 Å². The number of allylic oxidation sites excluding steroid dienone is 4. The van der Waals surface area contributed by atoms with Gasteiger partial charge in [-0.15, -0.1) is 0 Å². The number of carbonyl (C=O) groups excluding carboxylic acids is 3. The summed E-state index contributed by atoms with van der Waals surface area (Å²) < 4.78 is 5.11. The molecular weight excluding hydrogens is 352 g/mol. The lowest BCUT2D eigenvalue weighted by Gasteiger charge is -2.50. The van der Waals surface area contributed by atoms with Crippen LogP contribution in [0.1, 0.15) is 74.7 Å². The van der Waals surface area contributed by atoms with Gasteiger partial charge in [0.05, 0.1) is 13.0 Å². The van der Waals surface area contributed by atoms with E-state index in [1.807, 2.05) is 61.5 Å². The zero-order chi connectivity index (χ0) is 21.9. The first-order valence-electron chi connectivity index (χ1n) is 10.2. The molecule has 0 heterocycles. The van der Waals surface area contributed by atoms with Gasteiger partial charge in [-0.05, 0) is 58.3 Å². The number of ether oxygens (including phenoxy) is 1. The summed E-state index contributed by atoms with van der Waals surface area (Å²) in [6.45, 7) is 15.6. The molecule has 0 unspecified atom stereocenters. The third-order valence-electron chi connectivity index (χ3n) is 6.22. The lowest BCUT2D eigenvalue weighted by molar-refractivity contribution is -0.171. The molecule has 4 heteroatoms. The minimum absolute atomic E-state index is 0.0254. The second-order valence-electron chi connectivity index (χ2n) is 9.65. The summed E-state index contributed by atoms with van der Waals surface area (Å²) >= 11 is 0. The van der Waals surface area contributed by atoms with Crippen molar-refractivity contribution in [1.82, 2.24) is 0 Å². The third kappa shape index (κ3) is 4.82. The van der Waals surface area contributed by atoms with Gasteiger partial charge in [-0.1, -0.05) is 51.0 Å². The maximum atomic E-state index is 13.7. The summed E-state index contributed by atoms with van der Waals surface area (Å²) in [7, 11) is 1.32. The maximum Gasteiger partial charge on any atom is 0.319 e. The Labute approximate surface area is 170 Å². The third-order valence-corrected chi connectivity index (χ3v) is 6.22. The molecule has 1 saturated carbocycles. The Balaban J connectivity index is 3.64. The highest BCUT2D eigenvalue weighted by atomic mass is 16.5. The van der Waals surface area contributed by atoms with E-state index in [1.54, 1.807) is 0 Å². The number of carbonyl (C=O) groups is 3. The Morgan fingerprint density at radius 2 is 1.64 bits per heavy atom. The van der Waals surface area contributed by atoms with Crippen LogP contribution >= 0.6 is 0 Å². The first-order chi connectivity index (χ1) is 12.8. The van der Waals surface area contributed by atoms with Crippen LogP contribution in [-0.2, 0) is 19.1 Å². The van der Waals surface area contributed by atoms with Gasteiger partial charge in [-0.2, -0.15) is 0 Å². The predicted molar refractivity (Wildman–Crippen MR) is 113 cm³/mol. The van der Waals surface area contributed by atoms with Crippen molar-refractivity contribution >= 4 is 17.5 Å². The van der Waals surface area contributed by atoms with E-state index in [0.29, 0.717) is 6.42 Å². The van der Waals surface area contributed by atoms with Crippen LogP contribution in [0.2, 0.25) is 0 Å². The fourth-order valence-corrected chi connectivity index (χ4v) is 4.25. The Morgan fingerprint density at radius 1 is 1.11 bits per heavy atom. The van der Waals surface area contributed by atoms with E-state index in [-0.39, 0.29) is 29.8 Å². The van der Waals surface area contributed by atoms with Crippen molar-refractivity contribution < 1.29 is 19.1 Å². The molecule has 0 aliphatic heterocycles.